The molecule has 0 spiro atoms. The van der Waals surface area contributed by atoms with E-state index in [1.54, 1.807) is 18.2 Å². The van der Waals surface area contributed by atoms with Gasteiger partial charge >= 0.3 is 0 Å². The highest BCUT2D eigenvalue weighted by molar-refractivity contribution is 6.35. The van der Waals surface area contributed by atoms with Crippen molar-refractivity contribution in [1.82, 2.24) is 0 Å². The summed E-state index contributed by atoms with van der Waals surface area (Å²) in [5, 5.41) is 3.96. The molecule has 0 aromatic heterocycles. The van der Waals surface area contributed by atoms with Crippen molar-refractivity contribution in [2.45, 2.75) is 32.7 Å². The van der Waals surface area contributed by atoms with Gasteiger partial charge in [0.05, 0.1) is 13.1 Å². The third kappa shape index (κ3) is 4.11. The van der Waals surface area contributed by atoms with Crippen molar-refractivity contribution in [2.75, 3.05) is 18.4 Å². The van der Waals surface area contributed by atoms with Crippen molar-refractivity contribution >= 4 is 34.8 Å². The Kier molecular flexibility index (Phi) is 5.30. The van der Waals surface area contributed by atoms with Gasteiger partial charge in [-0.3, -0.25) is 4.79 Å². The van der Waals surface area contributed by atoms with Gasteiger partial charge in [0.15, 0.2) is 6.04 Å². The van der Waals surface area contributed by atoms with Gasteiger partial charge in [-0.1, -0.05) is 30.1 Å². The molecule has 110 valence electrons. The van der Waals surface area contributed by atoms with Gasteiger partial charge in [0, 0.05) is 15.7 Å². The lowest BCUT2D eigenvalue weighted by molar-refractivity contribution is -0.919. The molecule has 20 heavy (non-hydrogen) atoms. The first-order valence-electron chi connectivity index (χ1n) is 7.07. The van der Waals surface area contributed by atoms with Crippen LogP contribution in [0.3, 0.4) is 0 Å². The molecule has 5 heteroatoms. The number of hydrogen-bond acceptors (Lipinski definition) is 1. The van der Waals surface area contributed by atoms with Gasteiger partial charge in [-0.15, -0.1) is 0 Å². The minimum Gasteiger partial charge on any atom is -0.325 e. The number of carbonyl (C=O) groups excluding carboxylic acids is 1. The van der Waals surface area contributed by atoms with Crippen LogP contribution in [0, 0.1) is 5.92 Å². The first kappa shape index (κ1) is 15.6. The summed E-state index contributed by atoms with van der Waals surface area (Å²) < 4.78 is 0. The topological polar surface area (TPSA) is 33.5 Å². The molecule has 1 saturated heterocycles. The van der Waals surface area contributed by atoms with Crippen molar-refractivity contribution in [3.63, 3.8) is 0 Å². The molecule has 0 unspecified atom stereocenters. The van der Waals surface area contributed by atoms with Crippen LogP contribution in [0.5, 0.6) is 0 Å². The standard InChI is InChI=1S/C15H20Cl2N2O/c1-10-3-5-19(6-4-10)11(2)15(20)18-14-8-12(16)7-13(17)9-14/h7-11H,3-6H2,1-2H3,(H,18,20)/p+1/t11-/m0/s1. The normalized spacial score (nSPS) is 24.2. The van der Waals surface area contributed by atoms with E-state index in [2.05, 4.69) is 12.2 Å². The van der Waals surface area contributed by atoms with E-state index in [1.807, 2.05) is 6.92 Å². The van der Waals surface area contributed by atoms with Crippen LogP contribution in [0.2, 0.25) is 10.0 Å². The van der Waals surface area contributed by atoms with Crippen LogP contribution >= 0.6 is 23.2 Å². The largest absolute Gasteiger partial charge is 0.325 e. The second-order valence-electron chi connectivity index (χ2n) is 5.71. The van der Waals surface area contributed by atoms with Gasteiger partial charge in [0.25, 0.3) is 5.91 Å². The fourth-order valence-electron chi connectivity index (χ4n) is 2.63. The lowest BCUT2D eigenvalue weighted by atomic mass is 9.98. The highest BCUT2D eigenvalue weighted by Crippen LogP contribution is 2.22. The van der Waals surface area contributed by atoms with Crippen molar-refractivity contribution in [3.05, 3.63) is 28.2 Å². The summed E-state index contributed by atoms with van der Waals surface area (Å²) in [4.78, 5) is 13.7. The first-order chi connectivity index (χ1) is 9.45. The summed E-state index contributed by atoms with van der Waals surface area (Å²) in [6.07, 6.45) is 2.38. The second-order valence-corrected chi connectivity index (χ2v) is 6.58. The van der Waals surface area contributed by atoms with E-state index >= 15 is 0 Å². The Morgan fingerprint density at radius 2 is 1.80 bits per heavy atom. The van der Waals surface area contributed by atoms with E-state index in [-0.39, 0.29) is 11.9 Å². The quantitative estimate of drug-likeness (QED) is 0.883. The molecular formula is C15H21Cl2N2O+. The van der Waals surface area contributed by atoms with Gasteiger partial charge in [0.2, 0.25) is 0 Å². The molecule has 3 nitrogen and oxygen atoms in total. The molecule has 0 bridgehead atoms. The summed E-state index contributed by atoms with van der Waals surface area (Å²) in [5.41, 5.74) is 0.657. The molecule has 0 radical (unpaired) electrons. The van der Waals surface area contributed by atoms with Gasteiger partial charge < -0.3 is 10.2 Å². The molecule has 1 aromatic carbocycles. The number of halogens is 2. The molecule has 0 aliphatic carbocycles. The van der Waals surface area contributed by atoms with Crippen molar-refractivity contribution in [1.29, 1.82) is 0 Å². The number of benzene rings is 1. The van der Waals surface area contributed by atoms with Crippen LogP contribution in [0.1, 0.15) is 26.7 Å². The number of rotatable bonds is 3. The van der Waals surface area contributed by atoms with E-state index in [9.17, 15) is 4.79 Å². The minimum atomic E-state index is -0.0553. The molecule has 1 aliphatic rings. The number of quaternary nitrogens is 1. The molecule has 1 aliphatic heterocycles. The lowest BCUT2D eigenvalue weighted by Gasteiger charge is -2.31. The Bertz CT molecular complexity index is 465. The van der Waals surface area contributed by atoms with E-state index in [0.717, 1.165) is 19.0 Å². The van der Waals surface area contributed by atoms with E-state index in [1.165, 1.54) is 17.7 Å². The van der Waals surface area contributed by atoms with Crippen LogP contribution in [-0.2, 0) is 4.79 Å². The van der Waals surface area contributed by atoms with Gasteiger partial charge in [0.1, 0.15) is 0 Å². The number of anilines is 1. The van der Waals surface area contributed by atoms with Crippen molar-refractivity contribution in [3.8, 4) is 0 Å². The number of amides is 1. The van der Waals surface area contributed by atoms with Crippen LogP contribution in [-0.4, -0.2) is 25.0 Å². The summed E-state index contributed by atoms with van der Waals surface area (Å²) in [5.74, 6) is 0.800. The molecular weight excluding hydrogens is 295 g/mol. The van der Waals surface area contributed by atoms with Crippen LogP contribution in [0.4, 0.5) is 5.69 Å². The van der Waals surface area contributed by atoms with E-state index < -0.39 is 0 Å². The predicted molar refractivity (Wildman–Crippen MR) is 83.6 cm³/mol. The zero-order chi connectivity index (χ0) is 14.7. The monoisotopic (exact) mass is 315 g/mol. The van der Waals surface area contributed by atoms with E-state index in [4.69, 9.17) is 23.2 Å². The zero-order valence-electron chi connectivity index (χ0n) is 11.9. The highest BCUT2D eigenvalue weighted by atomic mass is 35.5. The number of carbonyl (C=O) groups is 1. The fourth-order valence-corrected chi connectivity index (χ4v) is 3.15. The Hall–Kier alpha value is -0.770. The Morgan fingerprint density at radius 1 is 1.25 bits per heavy atom. The average molecular weight is 316 g/mol. The lowest BCUT2D eigenvalue weighted by Crippen LogP contribution is -3.17. The minimum absolute atomic E-state index is 0.0212. The van der Waals surface area contributed by atoms with Crippen LogP contribution in [0.15, 0.2) is 18.2 Å². The Labute approximate surface area is 130 Å². The maximum atomic E-state index is 12.3. The van der Waals surface area contributed by atoms with E-state index in [0.29, 0.717) is 15.7 Å². The zero-order valence-corrected chi connectivity index (χ0v) is 13.4. The van der Waals surface area contributed by atoms with Crippen molar-refractivity contribution < 1.29 is 9.69 Å². The van der Waals surface area contributed by atoms with Crippen molar-refractivity contribution in [2.24, 2.45) is 5.92 Å². The Balaban J connectivity index is 1.97. The molecule has 1 atom stereocenters. The number of piperidine rings is 1. The second kappa shape index (κ2) is 6.79. The third-order valence-corrected chi connectivity index (χ3v) is 4.49. The highest BCUT2D eigenvalue weighted by Gasteiger charge is 2.28. The number of hydrogen-bond donors (Lipinski definition) is 2. The fraction of sp³-hybridized carbons (Fsp3) is 0.533. The molecule has 0 saturated carbocycles. The Morgan fingerprint density at radius 3 is 2.35 bits per heavy atom. The molecule has 1 heterocycles. The van der Waals surface area contributed by atoms with Crippen LogP contribution < -0.4 is 10.2 Å². The number of likely N-dealkylation sites (tertiary alicyclic amines) is 1. The third-order valence-electron chi connectivity index (χ3n) is 4.05. The molecule has 2 rings (SSSR count). The molecule has 1 aromatic rings. The average Bonchev–Trinajstić information content (AvgIpc) is 2.37. The summed E-state index contributed by atoms with van der Waals surface area (Å²) in [6.45, 7) is 6.38. The van der Waals surface area contributed by atoms with Gasteiger partial charge in [-0.25, -0.2) is 0 Å². The smallest absolute Gasteiger partial charge is 0.282 e. The predicted octanol–water partition coefficient (Wildman–Crippen LogP) is 2.64. The summed E-state index contributed by atoms with van der Waals surface area (Å²) in [7, 11) is 0. The molecule has 1 fully saturated rings. The summed E-state index contributed by atoms with van der Waals surface area (Å²) in [6, 6.07) is 5.02. The maximum Gasteiger partial charge on any atom is 0.282 e. The number of nitrogens with one attached hydrogen (secondary N) is 2. The van der Waals surface area contributed by atoms with Crippen LogP contribution in [0.25, 0.3) is 0 Å². The maximum absolute atomic E-state index is 12.3. The summed E-state index contributed by atoms with van der Waals surface area (Å²) >= 11 is 11.9. The van der Waals surface area contributed by atoms with Gasteiger partial charge in [-0.05, 0) is 43.9 Å². The SMILES string of the molecule is CC1CC[NH+]([C@@H](C)C(=O)Nc2cc(Cl)cc(Cl)c2)CC1. The van der Waals surface area contributed by atoms with Gasteiger partial charge in [-0.2, -0.15) is 0 Å². The first-order valence-corrected chi connectivity index (χ1v) is 7.83. The molecule has 2 N–H and O–H groups in total. The molecule has 1 amide bonds.